The number of rotatable bonds is 5. The minimum atomic E-state index is -0.587. The molecule has 3 heterocycles. The second-order valence-electron chi connectivity index (χ2n) is 11.7. The lowest BCUT2D eigenvalue weighted by molar-refractivity contribution is 0.725. The quantitative estimate of drug-likeness (QED) is 0.201. The Morgan fingerprint density at radius 2 is 1.11 bits per heavy atom. The van der Waals surface area contributed by atoms with Crippen molar-refractivity contribution in [1.29, 1.82) is 0 Å². The van der Waals surface area contributed by atoms with Gasteiger partial charge in [0, 0.05) is 6.20 Å². The smallest absolute Gasteiger partial charge is 0.164 e. The molecule has 0 spiro atoms. The first-order valence-corrected chi connectivity index (χ1v) is 15.5. The second kappa shape index (κ2) is 10.5. The maximum Gasteiger partial charge on any atom is 0.164 e. The summed E-state index contributed by atoms with van der Waals surface area (Å²) in [6, 6.07) is 56.5. The first-order valence-electron chi connectivity index (χ1n) is 15.5. The van der Waals surface area contributed by atoms with Crippen LogP contribution in [0.15, 0.2) is 170 Å². The van der Waals surface area contributed by atoms with Crippen LogP contribution >= 0.6 is 0 Å². The van der Waals surface area contributed by atoms with Gasteiger partial charge in [-0.25, -0.2) is 15.0 Å². The maximum atomic E-state index is 5.20. The minimum absolute atomic E-state index is 0.587. The molecular weight excluding hydrogens is 560 g/mol. The van der Waals surface area contributed by atoms with Gasteiger partial charge in [0.25, 0.3) is 0 Å². The molecule has 9 rings (SSSR count). The number of aromatic nitrogens is 4. The van der Waals surface area contributed by atoms with Gasteiger partial charge in [-0.15, -0.1) is 0 Å². The largest absolute Gasteiger partial charge is 0.290 e. The fraction of sp³-hybridized carbons (Fsp3) is 0.0238. The monoisotopic (exact) mass is 588 g/mol. The van der Waals surface area contributed by atoms with E-state index in [0.717, 1.165) is 33.8 Å². The molecule has 2 aromatic heterocycles. The van der Waals surface area contributed by atoms with Crippen molar-refractivity contribution in [3.8, 4) is 39.5 Å². The average Bonchev–Trinajstić information content (AvgIpc) is 3.54. The summed E-state index contributed by atoms with van der Waals surface area (Å²) < 4.78 is 2.30. The van der Waals surface area contributed by atoms with Gasteiger partial charge in [0.15, 0.2) is 5.82 Å². The summed E-state index contributed by atoms with van der Waals surface area (Å²) in [6.45, 7) is 0. The van der Waals surface area contributed by atoms with Crippen LogP contribution in [0.2, 0.25) is 0 Å². The Balaban J connectivity index is 1.37. The number of para-hydroxylation sites is 1. The third-order valence-electron chi connectivity index (χ3n) is 9.27. The highest BCUT2D eigenvalue weighted by molar-refractivity contribution is 5.93. The molecule has 0 bridgehead atoms. The van der Waals surface area contributed by atoms with Crippen LogP contribution in [0.3, 0.4) is 0 Å². The second-order valence-corrected chi connectivity index (χ2v) is 11.7. The van der Waals surface area contributed by atoms with Crippen molar-refractivity contribution >= 4 is 11.0 Å². The Hall–Kier alpha value is -6.13. The molecule has 0 saturated heterocycles. The predicted octanol–water partition coefficient (Wildman–Crippen LogP) is 9.51. The Labute approximate surface area is 267 Å². The van der Waals surface area contributed by atoms with E-state index in [9.17, 15) is 0 Å². The van der Waals surface area contributed by atoms with Gasteiger partial charge in [0.1, 0.15) is 12.0 Å². The van der Waals surface area contributed by atoms with Gasteiger partial charge >= 0.3 is 0 Å². The van der Waals surface area contributed by atoms with E-state index < -0.39 is 5.41 Å². The number of fused-ring (bicyclic) bond motifs is 2. The van der Waals surface area contributed by atoms with Crippen LogP contribution in [-0.2, 0) is 5.41 Å². The molecule has 0 unspecified atom stereocenters. The summed E-state index contributed by atoms with van der Waals surface area (Å²) in [5.41, 5.74) is 12.9. The van der Waals surface area contributed by atoms with Gasteiger partial charge in [0.05, 0.1) is 22.1 Å². The van der Waals surface area contributed by atoms with Gasteiger partial charge in [-0.1, -0.05) is 133 Å². The van der Waals surface area contributed by atoms with E-state index in [-0.39, 0.29) is 0 Å². The Kier molecular flexibility index (Phi) is 6.00. The number of hydrogen-bond acceptors (Lipinski definition) is 3. The average molecular weight is 589 g/mol. The lowest BCUT2D eigenvalue weighted by Gasteiger charge is -2.41. The van der Waals surface area contributed by atoms with E-state index in [0.29, 0.717) is 0 Å². The van der Waals surface area contributed by atoms with Crippen molar-refractivity contribution in [1.82, 2.24) is 19.5 Å². The van der Waals surface area contributed by atoms with Crippen LogP contribution in [0.25, 0.3) is 50.5 Å². The van der Waals surface area contributed by atoms with Crippen molar-refractivity contribution in [2.75, 3.05) is 0 Å². The Morgan fingerprint density at radius 1 is 0.500 bits per heavy atom. The fourth-order valence-electron chi connectivity index (χ4n) is 7.27. The summed E-state index contributed by atoms with van der Waals surface area (Å²) in [5.74, 6) is 0.806. The van der Waals surface area contributed by atoms with Crippen LogP contribution in [-0.4, -0.2) is 19.5 Å². The lowest BCUT2D eigenvalue weighted by Crippen LogP contribution is -2.35. The van der Waals surface area contributed by atoms with Crippen molar-refractivity contribution in [2.24, 2.45) is 0 Å². The molecule has 216 valence electrons. The normalized spacial score (nSPS) is 13.0. The van der Waals surface area contributed by atoms with Crippen LogP contribution in [0.5, 0.6) is 0 Å². The molecule has 0 radical (unpaired) electrons. The highest BCUT2D eigenvalue weighted by Gasteiger charge is 2.45. The molecule has 0 atom stereocenters. The van der Waals surface area contributed by atoms with Crippen LogP contribution in [0.1, 0.15) is 22.3 Å². The van der Waals surface area contributed by atoms with Crippen molar-refractivity contribution in [2.45, 2.75) is 5.41 Å². The molecule has 1 aliphatic heterocycles. The molecule has 4 nitrogen and oxygen atoms in total. The lowest BCUT2D eigenvalue weighted by atomic mass is 9.63. The van der Waals surface area contributed by atoms with Crippen molar-refractivity contribution < 1.29 is 0 Å². The van der Waals surface area contributed by atoms with E-state index in [2.05, 4.69) is 166 Å². The maximum absolute atomic E-state index is 5.20. The number of imidazole rings is 1. The van der Waals surface area contributed by atoms with Gasteiger partial charge in [0.2, 0.25) is 0 Å². The molecule has 46 heavy (non-hydrogen) atoms. The summed E-state index contributed by atoms with van der Waals surface area (Å²) in [5, 5.41) is 0. The van der Waals surface area contributed by atoms with Crippen molar-refractivity contribution in [3.63, 3.8) is 0 Å². The Morgan fingerprint density at radius 3 is 1.76 bits per heavy atom. The van der Waals surface area contributed by atoms with Crippen molar-refractivity contribution in [3.05, 3.63) is 193 Å². The molecule has 1 aliphatic rings. The molecule has 0 fully saturated rings. The SMILES string of the molecule is c1ccc(-c2ccc(-c3ccc4c(c3)C(c3ccccc3)(c3ccccc3)c3cccc5nc(-c6ccncn6)n-4c35)cc2)cc1. The molecule has 0 amide bonds. The van der Waals surface area contributed by atoms with E-state index in [4.69, 9.17) is 4.98 Å². The third kappa shape index (κ3) is 3.90. The Bertz CT molecular complexity index is 2290. The van der Waals surface area contributed by atoms with E-state index >= 15 is 0 Å². The molecule has 4 heteroatoms. The van der Waals surface area contributed by atoms with E-state index in [1.54, 1.807) is 12.5 Å². The van der Waals surface area contributed by atoms with Crippen LogP contribution in [0, 0.1) is 0 Å². The van der Waals surface area contributed by atoms with Gasteiger partial charge in [-0.3, -0.25) is 4.57 Å². The summed E-state index contributed by atoms with van der Waals surface area (Å²) in [6.07, 6.45) is 3.37. The summed E-state index contributed by atoms with van der Waals surface area (Å²) in [4.78, 5) is 14.0. The van der Waals surface area contributed by atoms with E-state index in [1.807, 2.05) is 6.07 Å². The first kappa shape index (κ1) is 26.3. The third-order valence-corrected chi connectivity index (χ3v) is 9.27. The first-order chi connectivity index (χ1) is 22.8. The number of benzene rings is 6. The van der Waals surface area contributed by atoms with Gasteiger partial charge < -0.3 is 0 Å². The van der Waals surface area contributed by atoms with Gasteiger partial charge in [-0.05, 0) is 68.8 Å². The highest BCUT2D eigenvalue weighted by Crippen LogP contribution is 2.54. The molecule has 0 aliphatic carbocycles. The molecule has 0 saturated carbocycles. The molecular formula is C42H28N4. The molecule has 0 N–H and O–H groups in total. The minimum Gasteiger partial charge on any atom is -0.290 e. The molecule has 8 aromatic rings. The zero-order valence-corrected chi connectivity index (χ0v) is 25.0. The zero-order chi connectivity index (χ0) is 30.5. The standard InChI is InChI=1S/C42H28N4/c1-4-11-29(12-5-1)30-19-21-31(22-20-30)32-23-24-39-36(27-32)42(33-13-6-2-7-14-33,34-15-8-3-9-16-34)35-17-10-18-37-40(35)46(39)41(45-37)38-25-26-43-28-44-38/h1-28H. The predicted molar refractivity (Wildman–Crippen MR) is 185 cm³/mol. The summed E-state index contributed by atoms with van der Waals surface area (Å²) in [7, 11) is 0. The highest BCUT2D eigenvalue weighted by atomic mass is 15.1. The summed E-state index contributed by atoms with van der Waals surface area (Å²) >= 11 is 0. The number of hydrogen-bond donors (Lipinski definition) is 0. The topological polar surface area (TPSA) is 43.6 Å². The fourth-order valence-corrected chi connectivity index (χ4v) is 7.27. The van der Waals surface area contributed by atoms with E-state index in [1.165, 1.54) is 38.9 Å². The van der Waals surface area contributed by atoms with Gasteiger partial charge in [-0.2, -0.15) is 0 Å². The number of nitrogens with zero attached hydrogens (tertiary/aromatic N) is 4. The van der Waals surface area contributed by atoms with Crippen LogP contribution < -0.4 is 0 Å². The molecule has 6 aromatic carbocycles. The van der Waals surface area contributed by atoms with Crippen LogP contribution in [0.4, 0.5) is 0 Å². The zero-order valence-electron chi connectivity index (χ0n) is 25.0.